The van der Waals surface area contributed by atoms with Gasteiger partial charge in [0.2, 0.25) is 0 Å². The van der Waals surface area contributed by atoms with Crippen LogP contribution in [0.5, 0.6) is 5.75 Å². The van der Waals surface area contributed by atoms with E-state index in [0.29, 0.717) is 12.0 Å². The highest BCUT2D eigenvalue weighted by Gasteiger charge is 2.33. The molecule has 5 heteroatoms. The van der Waals surface area contributed by atoms with Crippen molar-refractivity contribution in [3.63, 3.8) is 0 Å². The Kier molecular flexibility index (Phi) is 6.70. The molecule has 0 N–H and O–H groups in total. The monoisotopic (exact) mass is 347 g/mol. The number of rotatable bonds is 6. The number of fused-ring (bicyclic) bond motifs is 1. The van der Waals surface area contributed by atoms with Crippen molar-refractivity contribution in [2.45, 2.75) is 19.1 Å². The number of methoxy groups -OCH3 is 1. The summed E-state index contributed by atoms with van der Waals surface area (Å²) in [6, 6.07) is 8.43. The highest BCUT2D eigenvalue weighted by molar-refractivity contribution is 5.27. The fraction of sp³-hybridized carbons (Fsp3) is 0.700. The molecule has 0 aromatic heterocycles. The molecule has 2 heterocycles. The summed E-state index contributed by atoms with van der Waals surface area (Å²) in [7, 11) is 6.01. The maximum Gasteiger partial charge on any atom is 0.118 e. The second-order valence-corrected chi connectivity index (χ2v) is 7.65. The van der Waals surface area contributed by atoms with Gasteiger partial charge in [0.15, 0.2) is 0 Å². The lowest BCUT2D eigenvalue weighted by Gasteiger charge is -2.38. The van der Waals surface area contributed by atoms with Gasteiger partial charge in [-0.1, -0.05) is 12.1 Å². The predicted molar refractivity (Wildman–Crippen MR) is 101 cm³/mol. The minimum absolute atomic E-state index is 0.386. The summed E-state index contributed by atoms with van der Waals surface area (Å²) < 4.78 is 11.5. The molecule has 0 aliphatic carbocycles. The molecule has 140 valence electrons. The topological polar surface area (TPSA) is 28.2 Å². The van der Waals surface area contributed by atoms with Crippen molar-refractivity contribution in [3.8, 4) is 5.75 Å². The Labute approximate surface area is 152 Å². The minimum atomic E-state index is 0.386. The van der Waals surface area contributed by atoms with Crippen LogP contribution in [0.3, 0.4) is 0 Å². The zero-order valence-corrected chi connectivity index (χ0v) is 16.0. The van der Waals surface area contributed by atoms with Gasteiger partial charge in [-0.05, 0) is 44.8 Å². The molecule has 1 aromatic carbocycles. The largest absolute Gasteiger partial charge is 0.497 e. The molecule has 2 saturated heterocycles. The number of likely N-dealkylation sites (tertiary alicyclic amines) is 1. The summed E-state index contributed by atoms with van der Waals surface area (Å²) in [5, 5.41) is 0. The summed E-state index contributed by atoms with van der Waals surface area (Å²) in [6.07, 6.45) is 1.62. The van der Waals surface area contributed by atoms with Crippen LogP contribution >= 0.6 is 0 Å². The van der Waals surface area contributed by atoms with Crippen molar-refractivity contribution in [3.05, 3.63) is 29.8 Å². The first-order chi connectivity index (χ1) is 12.1. The van der Waals surface area contributed by atoms with Crippen molar-refractivity contribution >= 4 is 0 Å². The number of ether oxygens (including phenoxy) is 2. The fourth-order valence-corrected chi connectivity index (χ4v) is 3.86. The summed E-state index contributed by atoms with van der Waals surface area (Å²) in [5.74, 6) is 1.60. The summed E-state index contributed by atoms with van der Waals surface area (Å²) in [5.41, 5.74) is 1.35. The van der Waals surface area contributed by atoms with Gasteiger partial charge in [0.1, 0.15) is 5.75 Å². The van der Waals surface area contributed by atoms with Crippen LogP contribution in [0, 0.1) is 5.92 Å². The van der Waals surface area contributed by atoms with Gasteiger partial charge in [-0.3, -0.25) is 9.80 Å². The van der Waals surface area contributed by atoms with E-state index in [1.165, 1.54) is 18.5 Å². The van der Waals surface area contributed by atoms with Crippen LogP contribution in [0.2, 0.25) is 0 Å². The van der Waals surface area contributed by atoms with Gasteiger partial charge >= 0.3 is 0 Å². The first-order valence-corrected chi connectivity index (χ1v) is 9.48. The highest BCUT2D eigenvalue weighted by Crippen LogP contribution is 2.25. The third-order valence-electron chi connectivity index (χ3n) is 5.44. The van der Waals surface area contributed by atoms with Crippen LogP contribution in [0.1, 0.15) is 12.0 Å². The van der Waals surface area contributed by atoms with Crippen LogP contribution in [-0.2, 0) is 11.3 Å². The molecule has 0 saturated carbocycles. The van der Waals surface area contributed by atoms with E-state index in [9.17, 15) is 0 Å². The summed E-state index contributed by atoms with van der Waals surface area (Å²) >= 11 is 0. The van der Waals surface area contributed by atoms with Gasteiger partial charge in [-0.15, -0.1) is 0 Å². The van der Waals surface area contributed by atoms with Crippen molar-refractivity contribution in [2.75, 3.05) is 67.1 Å². The Morgan fingerprint density at radius 2 is 1.92 bits per heavy atom. The Balaban J connectivity index is 1.51. The van der Waals surface area contributed by atoms with Gasteiger partial charge in [0.05, 0.1) is 19.8 Å². The maximum atomic E-state index is 6.23. The fourth-order valence-electron chi connectivity index (χ4n) is 3.86. The molecule has 0 spiro atoms. The van der Waals surface area contributed by atoms with Gasteiger partial charge < -0.3 is 14.4 Å². The first-order valence-electron chi connectivity index (χ1n) is 9.48. The highest BCUT2D eigenvalue weighted by atomic mass is 16.5. The van der Waals surface area contributed by atoms with Gasteiger partial charge in [0.25, 0.3) is 0 Å². The van der Waals surface area contributed by atoms with Crippen LogP contribution in [0.4, 0.5) is 0 Å². The molecule has 0 amide bonds. The molecule has 3 rings (SSSR count). The second-order valence-electron chi connectivity index (χ2n) is 7.65. The standard InChI is InChI=1S/C20H33N3O2/c1-21(2)10-11-22-12-13-25-20-16-23(9-8-18(20)15-22)14-17-4-6-19(24-3)7-5-17/h4-7,18,20H,8-16H2,1-3H3/t18-,20-/m0/s1. The zero-order valence-electron chi connectivity index (χ0n) is 16.0. The predicted octanol–water partition coefficient (Wildman–Crippen LogP) is 1.78. The molecule has 1 aromatic rings. The lowest BCUT2D eigenvalue weighted by atomic mass is 9.93. The molecule has 2 aliphatic heterocycles. The van der Waals surface area contributed by atoms with Crippen molar-refractivity contribution in [1.82, 2.24) is 14.7 Å². The Morgan fingerprint density at radius 1 is 1.12 bits per heavy atom. The summed E-state index contributed by atoms with van der Waals surface area (Å²) in [6.45, 7) is 8.62. The molecular weight excluding hydrogens is 314 g/mol. The average Bonchev–Trinajstić information content (AvgIpc) is 2.82. The molecule has 0 bridgehead atoms. The molecule has 25 heavy (non-hydrogen) atoms. The number of benzene rings is 1. The zero-order chi connectivity index (χ0) is 17.6. The van der Waals surface area contributed by atoms with Crippen LogP contribution < -0.4 is 4.74 Å². The smallest absolute Gasteiger partial charge is 0.118 e. The Bertz CT molecular complexity index is 520. The SMILES string of the molecule is COc1ccc(CN2CC[C@H]3CN(CCN(C)C)CCO[C@H]3C2)cc1. The normalized spacial score (nSPS) is 25.6. The maximum absolute atomic E-state index is 6.23. The summed E-state index contributed by atoms with van der Waals surface area (Å²) in [4.78, 5) is 7.39. The van der Waals surface area contributed by atoms with E-state index in [-0.39, 0.29) is 0 Å². The number of hydrogen-bond donors (Lipinski definition) is 0. The lowest BCUT2D eigenvalue weighted by Crippen LogP contribution is -2.46. The third kappa shape index (κ3) is 5.42. The van der Waals surface area contributed by atoms with Crippen molar-refractivity contribution < 1.29 is 9.47 Å². The van der Waals surface area contributed by atoms with E-state index >= 15 is 0 Å². The van der Waals surface area contributed by atoms with E-state index in [1.807, 2.05) is 12.1 Å². The first kappa shape index (κ1) is 18.6. The lowest BCUT2D eigenvalue weighted by molar-refractivity contribution is -0.0241. The van der Waals surface area contributed by atoms with Crippen LogP contribution in [0.15, 0.2) is 24.3 Å². The number of likely N-dealkylation sites (N-methyl/N-ethyl adjacent to an activating group) is 1. The molecule has 2 aliphatic rings. The Hall–Kier alpha value is -1.14. The molecule has 0 radical (unpaired) electrons. The molecular formula is C20H33N3O2. The molecule has 2 fully saturated rings. The van der Waals surface area contributed by atoms with E-state index in [1.54, 1.807) is 7.11 Å². The van der Waals surface area contributed by atoms with Crippen LogP contribution in [-0.4, -0.2) is 87.9 Å². The molecule has 2 atom stereocenters. The minimum Gasteiger partial charge on any atom is -0.497 e. The van der Waals surface area contributed by atoms with E-state index in [0.717, 1.165) is 51.6 Å². The Morgan fingerprint density at radius 3 is 2.64 bits per heavy atom. The quantitative estimate of drug-likeness (QED) is 0.782. The van der Waals surface area contributed by atoms with Crippen molar-refractivity contribution in [1.29, 1.82) is 0 Å². The van der Waals surface area contributed by atoms with Gasteiger partial charge in [-0.2, -0.15) is 0 Å². The van der Waals surface area contributed by atoms with Crippen molar-refractivity contribution in [2.24, 2.45) is 5.92 Å². The molecule has 0 unspecified atom stereocenters. The van der Waals surface area contributed by atoms with E-state index < -0.39 is 0 Å². The van der Waals surface area contributed by atoms with E-state index in [4.69, 9.17) is 9.47 Å². The second kappa shape index (κ2) is 8.99. The average molecular weight is 348 g/mol. The van der Waals surface area contributed by atoms with Gasteiger partial charge in [-0.25, -0.2) is 0 Å². The van der Waals surface area contributed by atoms with E-state index in [2.05, 4.69) is 40.9 Å². The van der Waals surface area contributed by atoms with Gasteiger partial charge in [0, 0.05) is 45.2 Å². The van der Waals surface area contributed by atoms with Crippen LogP contribution in [0.25, 0.3) is 0 Å². The number of hydrogen-bond acceptors (Lipinski definition) is 5. The number of piperidine rings is 1. The molecule has 5 nitrogen and oxygen atoms in total. The third-order valence-corrected chi connectivity index (χ3v) is 5.44. The number of nitrogens with zero attached hydrogens (tertiary/aromatic N) is 3.